The van der Waals surface area contributed by atoms with Crippen LogP contribution in [0.3, 0.4) is 0 Å². The zero-order valence-electron chi connectivity index (χ0n) is 11.6. The van der Waals surface area contributed by atoms with E-state index < -0.39 is 5.82 Å². The Hall–Kier alpha value is -2.36. The molecule has 3 N–H and O–H groups in total. The van der Waals surface area contributed by atoms with Gasteiger partial charge in [-0.05, 0) is 48.6 Å². The summed E-state index contributed by atoms with van der Waals surface area (Å²) in [6.07, 6.45) is 2.74. The Morgan fingerprint density at radius 3 is 2.90 bits per heavy atom. The molecular formula is C17H17FN2O. The van der Waals surface area contributed by atoms with Crippen LogP contribution in [0.1, 0.15) is 29.9 Å². The molecule has 2 aromatic carbocycles. The van der Waals surface area contributed by atoms with E-state index in [1.54, 1.807) is 0 Å². The van der Waals surface area contributed by atoms with Crippen LogP contribution in [0.15, 0.2) is 42.5 Å². The maximum atomic E-state index is 13.7. The van der Waals surface area contributed by atoms with Gasteiger partial charge in [0.25, 0.3) is 0 Å². The summed E-state index contributed by atoms with van der Waals surface area (Å²) in [6.45, 7) is 0. The average Bonchev–Trinajstić information content (AvgIpc) is 2.50. The molecule has 1 aliphatic rings. The van der Waals surface area contributed by atoms with Crippen molar-refractivity contribution in [1.29, 1.82) is 0 Å². The number of nitrogen functional groups attached to an aromatic ring is 1. The lowest BCUT2D eigenvalue weighted by molar-refractivity contribution is -0.117. The Labute approximate surface area is 123 Å². The predicted octanol–water partition coefficient (Wildman–Crippen LogP) is 3.47. The topological polar surface area (TPSA) is 55.1 Å². The van der Waals surface area contributed by atoms with Crippen molar-refractivity contribution in [3.8, 4) is 0 Å². The second-order valence-corrected chi connectivity index (χ2v) is 5.37. The number of carbonyl (C=O) groups is 1. The van der Waals surface area contributed by atoms with Crippen LogP contribution in [0.2, 0.25) is 0 Å². The zero-order chi connectivity index (χ0) is 14.8. The molecule has 0 saturated carbocycles. The predicted molar refractivity (Wildman–Crippen MR) is 81.6 cm³/mol. The number of amides is 1. The van der Waals surface area contributed by atoms with E-state index in [0.29, 0.717) is 5.69 Å². The molecule has 0 heterocycles. The summed E-state index contributed by atoms with van der Waals surface area (Å²) in [5.41, 5.74) is 8.46. The van der Waals surface area contributed by atoms with Crippen LogP contribution in [0.4, 0.5) is 15.8 Å². The first-order valence-electron chi connectivity index (χ1n) is 7.09. The number of hydrogen-bond acceptors (Lipinski definition) is 2. The quantitative estimate of drug-likeness (QED) is 0.830. The van der Waals surface area contributed by atoms with Gasteiger partial charge >= 0.3 is 0 Å². The molecule has 1 aliphatic carbocycles. The number of nitrogens with one attached hydrogen (secondary N) is 1. The Kier molecular flexibility index (Phi) is 3.60. The van der Waals surface area contributed by atoms with Gasteiger partial charge in [-0.1, -0.05) is 24.3 Å². The van der Waals surface area contributed by atoms with Gasteiger partial charge in [-0.2, -0.15) is 0 Å². The van der Waals surface area contributed by atoms with Crippen molar-refractivity contribution in [2.75, 3.05) is 11.1 Å². The van der Waals surface area contributed by atoms with Crippen LogP contribution >= 0.6 is 0 Å². The average molecular weight is 284 g/mol. The van der Waals surface area contributed by atoms with Crippen LogP contribution in [-0.2, 0) is 11.2 Å². The van der Waals surface area contributed by atoms with E-state index in [4.69, 9.17) is 5.73 Å². The minimum Gasteiger partial charge on any atom is -0.399 e. The molecular weight excluding hydrogens is 267 g/mol. The molecule has 108 valence electrons. The third kappa shape index (κ3) is 2.75. The fourth-order valence-corrected chi connectivity index (χ4v) is 2.88. The molecule has 0 aromatic heterocycles. The molecule has 0 radical (unpaired) electrons. The Morgan fingerprint density at radius 1 is 1.24 bits per heavy atom. The van der Waals surface area contributed by atoms with Gasteiger partial charge in [-0.3, -0.25) is 4.79 Å². The van der Waals surface area contributed by atoms with E-state index >= 15 is 0 Å². The Bertz CT molecular complexity index is 684. The monoisotopic (exact) mass is 284 g/mol. The van der Waals surface area contributed by atoms with Crippen LogP contribution in [-0.4, -0.2) is 5.91 Å². The van der Waals surface area contributed by atoms with Crippen molar-refractivity contribution in [2.45, 2.75) is 25.2 Å². The van der Waals surface area contributed by atoms with Crippen LogP contribution in [0, 0.1) is 5.82 Å². The summed E-state index contributed by atoms with van der Waals surface area (Å²) in [7, 11) is 0. The van der Waals surface area contributed by atoms with Gasteiger partial charge in [0.15, 0.2) is 0 Å². The van der Waals surface area contributed by atoms with Gasteiger partial charge in [0.2, 0.25) is 5.91 Å². The van der Waals surface area contributed by atoms with E-state index in [2.05, 4.69) is 11.4 Å². The highest BCUT2D eigenvalue weighted by Gasteiger charge is 2.26. The van der Waals surface area contributed by atoms with E-state index in [1.807, 2.05) is 18.2 Å². The Balaban J connectivity index is 1.85. The molecule has 0 aliphatic heterocycles. The Morgan fingerprint density at radius 2 is 2.05 bits per heavy atom. The van der Waals surface area contributed by atoms with Crippen molar-refractivity contribution in [3.05, 3.63) is 59.4 Å². The van der Waals surface area contributed by atoms with Gasteiger partial charge in [-0.25, -0.2) is 4.39 Å². The zero-order valence-corrected chi connectivity index (χ0v) is 11.6. The first-order chi connectivity index (χ1) is 10.1. The summed E-state index contributed by atoms with van der Waals surface area (Å²) < 4.78 is 13.7. The molecule has 0 fully saturated rings. The summed E-state index contributed by atoms with van der Waals surface area (Å²) in [6, 6.07) is 12.1. The molecule has 3 rings (SSSR count). The van der Waals surface area contributed by atoms with Gasteiger partial charge in [0.05, 0.1) is 11.6 Å². The van der Waals surface area contributed by atoms with Crippen molar-refractivity contribution in [3.63, 3.8) is 0 Å². The minimum atomic E-state index is -0.471. The van der Waals surface area contributed by atoms with Crippen molar-refractivity contribution in [2.24, 2.45) is 0 Å². The normalized spacial score (nSPS) is 17.1. The third-order valence-corrected chi connectivity index (χ3v) is 3.93. The number of halogens is 1. The van der Waals surface area contributed by atoms with Gasteiger partial charge < -0.3 is 11.1 Å². The molecule has 1 atom stereocenters. The summed E-state index contributed by atoms with van der Waals surface area (Å²) >= 11 is 0. The molecule has 21 heavy (non-hydrogen) atoms. The number of nitrogens with two attached hydrogens (primary N) is 1. The highest BCUT2D eigenvalue weighted by atomic mass is 19.1. The summed E-state index contributed by atoms with van der Waals surface area (Å²) in [5, 5.41) is 2.67. The maximum absolute atomic E-state index is 13.7. The van der Waals surface area contributed by atoms with Crippen molar-refractivity contribution < 1.29 is 9.18 Å². The van der Waals surface area contributed by atoms with Crippen molar-refractivity contribution in [1.82, 2.24) is 0 Å². The second-order valence-electron chi connectivity index (χ2n) is 5.37. The molecule has 1 unspecified atom stereocenters. The van der Waals surface area contributed by atoms with Crippen molar-refractivity contribution >= 4 is 17.3 Å². The third-order valence-electron chi connectivity index (χ3n) is 3.93. The smallest absolute Gasteiger partial charge is 0.232 e. The number of benzene rings is 2. The van der Waals surface area contributed by atoms with Gasteiger partial charge in [-0.15, -0.1) is 0 Å². The lowest BCUT2D eigenvalue weighted by atomic mass is 9.82. The fraction of sp³-hybridized carbons (Fsp3) is 0.235. The fourth-order valence-electron chi connectivity index (χ4n) is 2.88. The van der Waals surface area contributed by atoms with Gasteiger partial charge in [0.1, 0.15) is 5.82 Å². The number of carbonyl (C=O) groups excluding carboxylic acids is 1. The standard InChI is InChI=1S/C17H17FN2O/c18-15-9-8-12(19)10-16(15)20-17(21)14-7-3-5-11-4-1-2-6-13(11)14/h1-2,4,6,8-10,14H,3,5,7,19H2,(H,20,21). The summed E-state index contributed by atoms with van der Waals surface area (Å²) in [5.74, 6) is -0.871. The highest BCUT2D eigenvalue weighted by molar-refractivity contribution is 5.96. The largest absolute Gasteiger partial charge is 0.399 e. The van der Waals surface area contributed by atoms with Crippen LogP contribution in [0.5, 0.6) is 0 Å². The number of aryl methyl sites for hydroxylation is 1. The molecule has 4 heteroatoms. The number of fused-ring (bicyclic) bond motifs is 1. The summed E-state index contributed by atoms with van der Waals surface area (Å²) in [4.78, 5) is 12.5. The lowest BCUT2D eigenvalue weighted by Crippen LogP contribution is -2.25. The number of hydrogen-bond donors (Lipinski definition) is 2. The molecule has 3 nitrogen and oxygen atoms in total. The molecule has 2 aromatic rings. The minimum absolute atomic E-state index is 0.142. The van der Waals surface area contributed by atoms with Crippen LogP contribution in [0.25, 0.3) is 0 Å². The molecule has 0 saturated heterocycles. The first-order valence-corrected chi connectivity index (χ1v) is 7.09. The number of anilines is 2. The van der Waals surface area contributed by atoms with E-state index in [0.717, 1.165) is 24.8 Å². The SMILES string of the molecule is Nc1ccc(F)c(NC(=O)C2CCCc3ccccc32)c1. The first kappa shape index (κ1) is 13.6. The van der Waals surface area contributed by atoms with E-state index in [-0.39, 0.29) is 17.5 Å². The molecule has 0 bridgehead atoms. The molecule has 0 spiro atoms. The van der Waals surface area contributed by atoms with E-state index in [1.165, 1.54) is 23.8 Å². The van der Waals surface area contributed by atoms with Crippen LogP contribution < -0.4 is 11.1 Å². The second kappa shape index (κ2) is 5.56. The van der Waals surface area contributed by atoms with E-state index in [9.17, 15) is 9.18 Å². The van der Waals surface area contributed by atoms with Gasteiger partial charge in [0, 0.05) is 5.69 Å². The number of rotatable bonds is 2. The lowest BCUT2D eigenvalue weighted by Gasteiger charge is -2.24. The highest BCUT2D eigenvalue weighted by Crippen LogP contribution is 2.32. The molecule has 1 amide bonds. The maximum Gasteiger partial charge on any atom is 0.232 e.